The average molecular weight is 288 g/mol. The van der Waals surface area contributed by atoms with Crippen LogP contribution in [-0.2, 0) is 11.3 Å². The van der Waals surface area contributed by atoms with Crippen LogP contribution < -0.4 is 10.6 Å². The second kappa shape index (κ2) is 7.11. The molecule has 1 saturated carbocycles. The summed E-state index contributed by atoms with van der Waals surface area (Å²) < 4.78 is 0. The van der Waals surface area contributed by atoms with Crippen molar-refractivity contribution in [3.8, 4) is 0 Å². The van der Waals surface area contributed by atoms with E-state index in [4.69, 9.17) is 0 Å². The molecule has 0 spiro atoms. The average Bonchev–Trinajstić information content (AvgIpc) is 3.17. The highest BCUT2D eigenvalue weighted by atomic mass is 16.2. The molecule has 2 rings (SSSR count). The third-order valence-corrected chi connectivity index (χ3v) is 3.60. The van der Waals surface area contributed by atoms with E-state index in [1.165, 1.54) is 0 Å². The second-order valence-electron chi connectivity index (χ2n) is 5.76. The van der Waals surface area contributed by atoms with Crippen LogP contribution in [0.3, 0.4) is 0 Å². The molecule has 114 valence electrons. The van der Waals surface area contributed by atoms with Crippen molar-refractivity contribution in [2.75, 3.05) is 20.6 Å². The summed E-state index contributed by atoms with van der Waals surface area (Å²) in [5.41, 5.74) is 1.15. The van der Waals surface area contributed by atoms with Crippen LogP contribution in [0.5, 0.6) is 0 Å². The van der Waals surface area contributed by atoms with E-state index >= 15 is 0 Å². The summed E-state index contributed by atoms with van der Waals surface area (Å²) >= 11 is 0. The minimum Gasteiger partial charge on any atom is -0.353 e. The number of rotatable bonds is 5. The molecule has 5 heteroatoms. The van der Waals surface area contributed by atoms with Gasteiger partial charge in [-0.1, -0.05) is 37.3 Å². The first-order valence-corrected chi connectivity index (χ1v) is 7.35. The molecule has 1 aromatic carbocycles. The molecule has 0 saturated heterocycles. The fourth-order valence-electron chi connectivity index (χ4n) is 1.92. The summed E-state index contributed by atoms with van der Waals surface area (Å²) in [6, 6.07) is 10.6. The zero-order valence-electron chi connectivity index (χ0n) is 13.0. The summed E-state index contributed by atoms with van der Waals surface area (Å²) in [6.07, 6.45) is 1.16. The van der Waals surface area contributed by atoms with Crippen LogP contribution in [0.4, 0.5) is 0 Å². The summed E-state index contributed by atoms with van der Waals surface area (Å²) in [6.45, 7) is 3.07. The van der Waals surface area contributed by atoms with Crippen molar-refractivity contribution < 1.29 is 4.79 Å². The van der Waals surface area contributed by atoms with E-state index in [0.717, 1.165) is 12.0 Å². The van der Waals surface area contributed by atoms with Gasteiger partial charge in [0.25, 0.3) is 0 Å². The Balaban J connectivity index is 1.92. The number of hydrogen-bond donors (Lipinski definition) is 2. The molecule has 1 aliphatic rings. The summed E-state index contributed by atoms with van der Waals surface area (Å²) in [4.78, 5) is 17.8. The zero-order chi connectivity index (χ0) is 15.2. The predicted molar refractivity (Wildman–Crippen MR) is 85.0 cm³/mol. The molecule has 2 atom stereocenters. The zero-order valence-corrected chi connectivity index (χ0v) is 13.0. The van der Waals surface area contributed by atoms with Gasteiger partial charge in [0.05, 0.1) is 13.1 Å². The Hall–Kier alpha value is -2.04. The molecule has 1 aromatic rings. The van der Waals surface area contributed by atoms with Gasteiger partial charge < -0.3 is 15.5 Å². The highest BCUT2D eigenvalue weighted by Crippen LogP contribution is 2.28. The monoisotopic (exact) mass is 288 g/mol. The molecule has 0 aliphatic heterocycles. The summed E-state index contributed by atoms with van der Waals surface area (Å²) in [5, 5.41) is 6.48. The molecule has 0 aromatic heterocycles. The van der Waals surface area contributed by atoms with Crippen molar-refractivity contribution in [3.63, 3.8) is 0 Å². The van der Waals surface area contributed by atoms with Gasteiger partial charge >= 0.3 is 0 Å². The molecule has 0 heterocycles. The smallest absolute Gasteiger partial charge is 0.241 e. The third kappa shape index (κ3) is 5.10. The van der Waals surface area contributed by atoms with Gasteiger partial charge in [-0.2, -0.15) is 0 Å². The van der Waals surface area contributed by atoms with Crippen LogP contribution in [0.25, 0.3) is 0 Å². The molecular weight excluding hydrogens is 264 g/mol. The van der Waals surface area contributed by atoms with Crippen molar-refractivity contribution >= 4 is 11.9 Å². The van der Waals surface area contributed by atoms with Crippen LogP contribution in [0, 0.1) is 5.92 Å². The Morgan fingerprint density at radius 2 is 2.00 bits per heavy atom. The maximum atomic E-state index is 11.7. The number of hydrogen-bond acceptors (Lipinski definition) is 2. The first kappa shape index (κ1) is 15.4. The van der Waals surface area contributed by atoms with Gasteiger partial charge in [0.1, 0.15) is 0 Å². The van der Waals surface area contributed by atoms with Gasteiger partial charge in [-0.3, -0.25) is 4.79 Å². The van der Waals surface area contributed by atoms with Gasteiger partial charge in [-0.05, 0) is 17.9 Å². The molecule has 1 aliphatic carbocycles. The Bertz CT molecular complexity index is 498. The number of aliphatic imine (C=N–C) groups is 1. The lowest BCUT2D eigenvalue weighted by atomic mass is 10.2. The molecule has 21 heavy (non-hydrogen) atoms. The number of nitrogens with zero attached hydrogens (tertiary/aromatic N) is 2. The van der Waals surface area contributed by atoms with Crippen LogP contribution in [0.15, 0.2) is 35.3 Å². The minimum atomic E-state index is 0.0352. The van der Waals surface area contributed by atoms with Crippen LogP contribution in [-0.4, -0.2) is 43.4 Å². The maximum Gasteiger partial charge on any atom is 0.241 e. The third-order valence-electron chi connectivity index (χ3n) is 3.60. The number of carbonyl (C=O) groups excluding carboxylic acids is 1. The Morgan fingerprint density at radius 1 is 1.33 bits per heavy atom. The summed E-state index contributed by atoms with van der Waals surface area (Å²) in [5.74, 6) is 1.43. The Kier molecular flexibility index (Phi) is 5.20. The molecular formula is C16H24N4O. The summed E-state index contributed by atoms with van der Waals surface area (Å²) in [7, 11) is 3.50. The lowest BCUT2D eigenvalue weighted by molar-refractivity contribution is -0.127. The van der Waals surface area contributed by atoms with Crippen molar-refractivity contribution in [1.29, 1.82) is 0 Å². The number of amides is 1. The van der Waals surface area contributed by atoms with E-state index in [-0.39, 0.29) is 12.5 Å². The SMILES string of the molecule is C[C@@H]1C[C@@H]1NC(=NCc1ccccc1)NCC(=O)N(C)C. The predicted octanol–water partition coefficient (Wildman–Crippen LogP) is 1.22. The van der Waals surface area contributed by atoms with E-state index in [9.17, 15) is 4.79 Å². The molecule has 1 fully saturated rings. The van der Waals surface area contributed by atoms with Crippen molar-refractivity contribution in [2.24, 2.45) is 10.9 Å². The van der Waals surface area contributed by atoms with Crippen LogP contribution in [0.1, 0.15) is 18.9 Å². The highest BCUT2D eigenvalue weighted by molar-refractivity contribution is 5.86. The molecule has 5 nitrogen and oxygen atoms in total. The van der Waals surface area contributed by atoms with Crippen molar-refractivity contribution in [1.82, 2.24) is 15.5 Å². The number of guanidine groups is 1. The van der Waals surface area contributed by atoms with Gasteiger partial charge in [-0.15, -0.1) is 0 Å². The molecule has 0 bridgehead atoms. The number of benzene rings is 1. The van der Waals surface area contributed by atoms with E-state index in [0.29, 0.717) is 24.5 Å². The van der Waals surface area contributed by atoms with Gasteiger partial charge in [0.2, 0.25) is 5.91 Å². The fourth-order valence-corrected chi connectivity index (χ4v) is 1.92. The van der Waals surface area contributed by atoms with E-state index in [2.05, 4.69) is 22.5 Å². The van der Waals surface area contributed by atoms with E-state index in [1.807, 2.05) is 30.3 Å². The lowest BCUT2D eigenvalue weighted by Crippen LogP contribution is -2.44. The van der Waals surface area contributed by atoms with Gasteiger partial charge in [-0.25, -0.2) is 4.99 Å². The molecule has 2 N–H and O–H groups in total. The Morgan fingerprint density at radius 3 is 2.57 bits per heavy atom. The number of nitrogens with one attached hydrogen (secondary N) is 2. The normalized spacial score (nSPS) is 20.8. The van der Waals surface area contributed by atoms with Crippen LogP contribution in [0.2, 0.25) is 0 Å². The lowest BCUT2D eigenvalue weighted by Gasteiger charge is -2.15. The molecule has 0 unspecified atom stereocenters. The van der Waals surface area contributed by atoms with Crippen LogP contribution >= 0.6 is 0 Å². The molecule has 1 amide bonds. The van der Waals surface area contributed by atoms with E-state index in [1.54, 1.807) is 19.0 Å². The topological polar surface area (TPSA) is 56.7 Å². The van der Waals surface area contributed by atoms with Crippen molar-refractivity contribution in [3.05, 3.63) is 35.9 Å². The first-order chi connectivity index (χ1) is 10.1. The van der Waals surface area contributed by atoms with Gasteiger partial charge in [0.15, 0.2) is 5.96 Å². The quantitative estimate of drug-likeness (QED) is 0.633. The maximum absolute atomic E-state index is 11.7. The van der Waals surface area contributed by atoms with Gasteiger partial charge in [0, 0.05) is 20.1 Å². The van der Waals surface area contributed by atoms with Crippen molar-refractivity contribution in [2.45, 2.75) is 25.9 Å². The minimum absolute atomic E-state index is 0.0352. The fraction of sp³-hybridized carbons (Fsp3) is 0.500. The number of likely N-dealkylation sites (N-methyl/N-ethyl adjacent to an activating group) is 1. The Labute approximate surface area is 126 Å². The highest BCUT2D eigenvalue weighted by Gasteiger charge is 2.33. The largest absolute Gasteiger partial charge is 0.353 e. The first-order valence-electron chi connectivity index (χ1n) is 7.35. The molecule has 0 radical (unpaired) electrons. The van der Waals surface area contributed by atoms with E-state index < -0.39 is 0 Å². The second-order valence-corrected chi connectivity index (χ2v) is 5.76. The standard InChI is InChI=1S/C16H24N4O/c1-12-9-14(12)19-16(18-11-15(21)20(2)3)17-10-13-7-5-4-6-8-13/h4-8,12,14H,9-11H2,1-3H3,(H2,17,18,19)/t12-,14+/m1/s1. The number of carbonyl (C=O) groups is 1.